The van der Waals surface area contributed by atoms with Gasteiger partial charge in [0.15, 0.2) is 0 Å². The van der Waals surface area contributed by atoms with E-state index in [9.17, 15) is 13.2 Å². The fourth-order valence-corrected chi connectivity index (χ4v) is 3.51. The Balaban J connectivity index is 1.74. The molecule has 1 aliphatic heterocycles. The zero-order chi connectivity index (χ0) is 22.0. The van der Waals surface area contributed by atoms with Gasteiger partial charge in [0, 0.05) is 33.7 Å². The molecule has 0 spiro atoms. The summed E-state index contributed by atoms with van der Waals surface area (Å²) in [5.74, 6) is 0.693. The van der Waals surface area contributed by atoms with Crippen molar-refractivity contribution in [2.24, 2.45) is 0 Å². The van der Waals surface area contributed by atoms with Crippen LogP contribution in [0, 0.1) is 0 Å². The highest BCUT2D eigenvalue weighted by Gasteiger charge is 2.28. The molecule has 0 aliphatic carbocycles. The van der Waals surface area contributed by atoms with Crippen LogP contribution in [0.25, 0.3) is 5.57 Å². The molecule has 0 bridgehead atoms. The number of alkyl halides is 3. The van der Waals surface area contributed by atoms with Gasteiger partial charge in [-0.15, -0.1) is 0 Å². The van der Waals surface area contributed by atoms with E-state index in [0.29, 0.717) is 12.2 Å². The molecule has 0 unspecified atom stereocenters. The summed E-state index contributed by atoms with van der Waals surface area (Å²) < 4.78 is 44.0. The number of anilines is 2. The van der Waals surface area contributed by atoms with Crippen LogP contribution >= 0.6 is 15.9 Å². The Hall–Kier alpha value is -3.07. The van der Waals surface area contributed by atoms with Crippen molar-refractivity contribution in [1.29, 1.82) is 0 Å². The lowest BCUT2D eigenvalue weighted by atomic mass is 9.97. The minimum absolute atomic E-state index is 0.0583. The highest BCUT2D eigenvalue weighted by atomic mass is 79.9. The fourth-order valence-electron chi connectivity index (χ4n) is 3.25. The number of rotatable bonds is 5. The van der Waals surface area contributed by atoms with Gasteiger partial charge in [-0.05, 0) is 42.0 Å². The predicted octanol–water partition coefficient (Wildman–Crippen LogP) is 5.63. The molecule has 160 valence electrons. The molecule has 5 nitrogen and oxygen atoms in total. The Morgan fingerprint density at radius 3 is 2.45 bits per heavy atom. The van der Waals surface area contributed by atoms with Crippen molar-refractivity contribution in [3.05, 3.63) is 82.2 Å². The van der Waals surface area contributed by atoms with Crippen LogP contribution in [0.15, 0.2) is 65.4 Å². The van der Waals surface area contributed by atoms with Crippen molar-refractivity contribution < 1.29 is 17.9 Å². The molecule has 1 aliphatic rings. The summed E-state index contributed by atoms with van der Waals surface area (Å²) in [7, 11) is 1.61. The number of hydrogen-bond acceptors (Lipinski definition) is 5. The summed E-state index contributed by atoms with van der Waals surface area (Å²) in [5.41, 5.74) is 4.05. The van der Waals surface area contributed by atoms with Crippen LogP contribution in [-0.4, -0.2) is 29.8 Å². The molecule has 0 atom stereocenters. The Morgan fingerprint density at radius 1 is 1.10 bits per heavy atom. The first kappa shape index (κ1) is 21.2. The molecule has 9 heteroatoms. The van der Waals surface area contributed by atoms with Gasteiger partial charge in [0.25, 0.3) is 0 Å². The topological polar surface area (TPSA) is 50.3 Å². The number of ether oxygens (including phenoxy) is 1. The zero-order valence-electron chi connectivity index (χ0n) is 16.4. The van der Waals surface area contributed by atoms with Crippen LogP contribution in [-0.2, 0) is 6.54 Å². The second kappa shape index (κ2) is 8.58. The smallest absolute Gasteiger partial charge is 0.405 e. The zero-order valence-corrected chi connectivity index (χ0v) is 18.0. The number of nitrogens with zero attached hydrogens (tertiary/aromatic N) is 3. The Morgan fingerprint density at radius 2 is 1.81 bits per heavy atom. The molecule has 1 N–H and O–H groups in total. The van der Waals surface area contributed by atoms with E-state index in [1.165, 1.54) is 0 Å². The minimum atomic E-state index is -4.35. The SMILES string of the molecule is COc1ccc(N2C=C(c3ccc(Br)cc3)c3nc(NCC(F)(F)F)ncc3C2)cc1. The van der Waals surface area contributed by atoms with Crippen LogP contribution in [0.5, 0.6) is 5.75 Å². The number of halogens is 4. The molecule has 0 fully saturated rings. The molecule has 3 aromatic rings. The third-order valence-corrected chi connectivity index (χ3v) is 5.28. The van der Waals surface area contributed by atoms with Gasteiger partial charge in [0.05, 0.1) is 19.3 Å². The molecule has 31 heavy (non-hydrogen) atoms. The van der Waals surface area contributed by atoms with Gasteiger partial charge in [0.2, 0.25) is 5.95 Å². The summed E-state index contributed by atoms with van der Waals surface area (Å²) in [6.45, 7) is -0.706. The third kappa shape index (κ3) is 4.99. The van der Waals surface area contributed by atoms with Crippen molar-refractivity contribution in [1.82, 2.24) is 9.97 Å². The second-order valence-electron chi connectivity index (χ2n) is 6.91. The number of methoxy groups -OCH3 is 1. The van der Waals surface area contributed by atoms with Crippen molar-refractivity contribution in [2.75, 3.05) is 23.9 Å². The highest BCUT2D eigenvalue weighted by Crippen LogP contribution is 2.34. The largest absolute Gasteiger partial charge is 0.497 e. The van der Waals surface area contributed by atoms with E-state index in [2.05, 4.69) is 31.2 Å². The van der Waals surface area contributed by atoms with E-state index in [0.717, 1.165) is 32.6 Å². The molecule has 0 saturated heterocycles. The number of nitrogens with one attached hydrogen (secondary N) is 1. The summed E-state index contributed by atoms with van der Waals surface area (Å²) >= 11 is 3.43. The maximum atomic E-state index is 12.6. The van der Waals surface area contributed by atoms with Gasteiger partial charge in [-0.2, -0.15) is 13.2 Å². The molecule has 2 aromatic carbocycles. The maximum Gasteiger partial charge on any atom is 0.405 e. The molecule has 1 aromatic heterocycles. The van der Waals surface area contributed by atoms with Gasteiger partial charge < -0.3 is 15.0 Å². The Kier molecular flexibility index (Phi) is 5.86. The van der Waals surface area contributed by atoms with Gasteiger partial charge in [-0.1, -0.05) is 28.1 Å². The van der Waals surface area contributed by atoms with Crippen LogP contribution in [0.3, 0.4) is 0 Å². The third-order valence-electron chi connectivity index (χ3n) is 4.75. The van der Waals surface area contributed by atoms with Crippen molar-refractivity contribution >= 4 is 33.1 Å². The lowest BCUT2D eigenvalue weighted by molar-refractivity contribution is -0.115. The average molecular weight is 491 g/mol. The predicted molar refractivity (Wildman–Crippen MR) is 117 cm³/mol. The molecular weight excluding hydrogens is 473 g/mol. The van der Waals surface area contributed by atoms with Crippen LogP contribution in [0.1, 0.15) is 16.8 Å². The summed E-state index contributed by atoms with van der Waals surface area (Å²) in [6, 6.07) is 15.3. The van der Waals surface area contributed by atoms with Crippen molar-refractivity contribution in [2.45, 2.75) is 12.7 Å². The standard InChI is InChI=1S/C22H18BrF3N4O/c1-31-18-8-6-17(7-9-18)30-11-15-10-27-21(28-13-22(24,25)26)29-20(15)19(12-30)14-2-4-16(23)5-3-14/h2-10,12H,11,13H2,1H3,(H,27,28,29). The highest BCUT2D eigenvalue weighted by molar-refractivity contribution is 9.10. The van der Waals surface area contributed by atoms with E-state index in [1.54, 1.807) is 13.3 Å². The van der Waals surface area contributed by atoms with E-state index in [4.69, 9.17) is 4.74 Å². The first-order valence-electron chi connectivity index (χ1n) is 9.38. The number of fused-ring (bicyclic) bond motifs is 1. The van der Waals surface area contributed by atoms with Gasteiger partial charge in [-0.25, -0.2) is 9.97 Å². The normalized spacial score (nSPS) is 13.5. The van der Waals surface area contributed by atoms with Gasteiger partial charge >= 0.3 is 6.18 Å². The number of aromatic nitrogens is 2. The molecule has 0 amide bonds. The van der Waals surface area contributed by atoms with E-state index < -0.39 is 12.7 Å². The van der Waals surface area contributed by atoms with Crippen LogP contribution in [0.2, 0.25) is 0 Å². The van der Waals surface area contributed by atoms with Crippen molar-refractivity contribution in [3.63, 3.8) is 0 Å². The summed E-state index contributed by atoms with van der Waals surface area (Å²) in [6.07, 6.45) is -0.827. The quantitative estimate of drug-likeness (QED) is 0.502. The molecule has 4 rings (SSSR count). The first-order chi connectivity index (χ1) is 14.8. The van der Waals surface area contributed by atoms with Crippen LogP contribution < -0.4 is 15.0 Å². The van der Waals surface area contributed by atoms with E-state index in [1.807, 2.05) is 59.6 Å². The first-order valence-corrected chi connectivity index (χ1v) is 10.2. The number of benzene rings is 2. The summed E-state index contributed by atoms with van der Waals surface area (Å²) in [5, 5.41) is 2.26. The van der Waals surface area contributed by atoms with E-state index >= 15 is 0 Å². The molecule has 0 radical (unpaired) electrons. The Bertz CT molecular complexity index is 1100. The fraction of sp³-hybridized carbons (Fsp3) is 0.182. The minimum Gasteiger partial charge on any atom is -0.497 e. The average Bonchev–Trinajstić information content (AvgIpc) is 2.77. The maximum absolute atomic E-state index is 12.6. The summed E-state index contributed by atoms with van der Waals surface area (Å²) in [4.78, 5) is 10.5. The molecule has 2 heterocycles. The monoisotopic (exact) mass is 490 g/mol. The van der Waals surface area contributed by atoms with E-state index in [-0.39, 0.29) is 5.95 Å². The van der Waals surface area contributed by atoms with Gasteiger partial charge in [-0.3, -0.25) is 0 Å². The van der Waals surface area contributed by atoms with Gasteiger partial charge in [0.1, 0.15) is 12.3 Å². The molecular formula is C22H18BrF3N4O. The number of hydrogen-bond donors (Lipinski definition) is 1. The second-order valence-corrected chi connectivity index (χ2v) is 7.83. The molecule has 0 saturated carbocycles. The Labute approximate surface area is 185 Å². The lowest BCUT2D eigenvalue weighted by Gasteiger charge is -2.29. The lowest BCUT2D eigenvalue weighted by Crippen LogP contribution is -2.25. The van der Waals surface area contributed by atoms with Crippen LogP contribution in [0.4, 0.5) is 24.8 Å². The van der Waals surface area contributed by atoms with Crippen molar-refractivity contribution in [3.8, 4) is 5.75 Å².